The van der Waals surface area contributed by atoms with Crippen molar-refractivity contribution in [3.63, 3.8) is 0 Å². The summed E-state index contributed by atoms with van der Waals surface area (Å²) in [6, 6.07) is 13.6. The van der Waals surface area contributed by atoms with Crippen LogP contribution in [0.25, 0.3) is 10.8 Å². The first kappa shape index (κ1) is 12.9. The molecule has 0 amide bonds. The molecule has 18 heavy (non-hydrogen) atoms. The molecule has 0 aliphatic rings. The lowest BCUT2D eigenvalue weighted by molar-refractivity contribution is 0.262. The van der Waals surface area contributed by atoms with E-state index in [1.165, 1.54) is 0 Å². The third-order valence-electron chi connectivity index (χ3n) is 2.72. The predicted molar refractivity (Wildman–Crippen MR) is 73.3 cm³/mol. The van der Waals surface area contributed by atoms with Crippen LogP contribution < -0.4 is 5.32 Å². The summed E-state index contributed by atoms with van der Waals surface area (Å²) in [6.07, 6.45) is 1.01. The molecule has 2 aromatic rings. The molecule has 0 saturated heterocycles. The Kier molecular flexibility index (Phi) is 3.54. The number of hydrogen-bond donors (Lipinski definition) is 2. The summed E-state index contributed by atoms with van der Waals surface area (Å²) in [5, 5.41) is 14.5. The van der Waals surface area contributed by atoms with Crippen molar-refractivity contribution in [3.8, 4) is 0 Å². The van der Waals surface area contributed by atoms with Gasteiger partial charge in [-0.2, -0.15) is 0 Å². The highest BCUT2D eigenvalue weighted by Crippen LogP contribution is 2.18. The maximum absolute atomic E-state index is 11.1. The Morgan fingerprint density at radius 1 is 1.17 bits per heavy atom. The number of hydrogen-bond acceptors (Lipinski definition) is 4. The van der Waals surface area contributed by atoms with Gasteiger partial charge in [0.25, 0.3) is 0 Å². The van der Waals surface area contributed by atoms with Gasteiger partial charge in [0, 0.05) is 11.9 Å². The number of nitrogens with one attached hydrogen (secondary N) is 1. The molecule has 0 spiro atoms. The summed E-state index contributed by atoms with van der Waals surface area (Å²) in [5.74, 6) is 0. The van der Waals surface area contributed by atoms with E-state index in [1.54, 1.807) is 0 Å². The molecule has 4 nitrogen and oxygen atoms in total. The second kappa shape index (κ2) is 4.96. The van der Waals surface area contributed by atoms with Crippen molar-refractivity contribution in [1.82, 2.24) is 0 Å². The molecule has 5 heteroatoms. The molecule has 1 atom stereocenters. The van der Waals surface area contributed by atoms with Gasteiger partial charge in [-0.3, -0.25) is 0 Å². The summed E-state index contributed by atoms with van der Waals surface area (Å²) in [7, 11) is -3.42. The maximum atomic E-state index is 11.1. The lowest BCUT2D eigenvalue weighted by Crippen LogP contribution is -2.27. The van der Waals surface area contributed by atoms with E-state index in [1.807, 2.05) is 42.5 Å². The smallest absolute Gasteiger partial charge is 0.175 e. The molecule has 0 aromatic heterocycles. The summed E-state index contributed by atoms with van der Waals surface area (Å²) < 4.78 is 22.1. The monoisotopic (exact) mass is 265 g/mol. The van der Waals surface area contributed by atoms with Crippen LogP contribution in [0.4, 0.5) is 5.69 Å². The average Bonchev–Trinajstić information content (AvgIpc) is 2.34. The van der Waals surface area contributed by atoms with Gasteiger partial charge in [0.15, 0.2) is 15.3 Å². The van der Waals surface area contributed by atoms with Crippen LogP contribution in [0, 0.1) is 0 Å². The van der Waals surface area contributed by atoms with Gasteiger partial charge in [0.2, 0.25) is 0 Å². The molecule has 1 unspecified atom stereocenters. The Balaban J connectivity index is 2.13. The highest BCUT2D eigenvalue weighted by molar-refractivity contribution is 7.91. The van der Waals surface area contributed by atoms with Gasteiger partial charge in [-0.25, -0.2) is 8.42 Å². The van der Waals surface area contributed by atoms with Crippen molar-refractivity contribution in [2.24, 2.45) is 0 Å². The number of fused-ring (bicyclic) bond motifs is 1. The topological polar surface area (TPSA) is 66.4 Å². The number of rotatable bonds is 4. The Labute approximate surface area is 106 Å². The summed E-state index contributed by atoms with van der Waals surface area (Å²) in [4.78, 5) is 0. The van der Waals surface area contributed by atoms with Gasteiger partial charge < -0.3 is 10.4 Å². The quantitative estimate of drug-likeness (QED) is 0.881. The molecule has 2 aromatic carbocycles. The van der Waals surface area contributed by atoms with E-state index in [2.05, 4.69) is 5.32 Å². The molecule has 0 aliphatic heterocycles. The maximum Gasteiger partial charge on any atom is 0.175 e. The van der Waals surface area contributed by atoms with E-state index in [0.29, 0.717) is 0 Å². The van der Waals surface area contributed by atoms with Crippen LogP contribution in [0.15, 0.2) is 42.5 Å². The lowest BCUT2D eigenvalue weighted by Gasteiger charge is -2.11. The fourth-order valence-electron chi connectivity index (χ4n) is 1.66. The Morgan fingerprint density at radius 2 is 1.83 bits per heavy atom. The number of aliphatic hydroxyl groups is 1. The second-order valence-electron chi connectivity index (χ2n) is 4.23. The largest absolute Gasteiger partial charge is 0.381 e. The molecule has 0 radical (unpaired) electrons. The molecule has 2 N–H and O–H groups in total. The molecule has 96 valence electrons. The van der Waals surface area contributed by atoms with Crippen LogP contribution in [0.3, 0.4) is 0 Å². The Bertz CT molecular complexity index is 652. The number of sulfone groups is 1. The minimum atomic E-state index is -3.42. The van der Waals surface area contributed by atoms with E-state index in [0.717, 1.165) is 22.7 Å². The fourth-order valence-corrected chi connectivity index (χ4v) is 2.04. The van der Waals surface area contributed by atoms with E-state index in [-0.39, 0.29) is 6.54 Å². The van der Waals surface area contributed by atoms with Crippen molar-refractivity contribution < 1.29 is 13.5 Å². The van der Waals surface area contributed by atoms with Gasteiger partial charge in [-0.15, -0.1) is 0 Å². The van der Waals surface area contributed by atoms with Gasteiger partial charge >= 0.3 is 0 Å². The summed E-state index contributed by atoms with van der Waals surface area (Å²) >= 11 is 0. The Hall–Kier alpha value is -1.59. The van der Waals surface area contributed by atoms with Crippen molar-refractivity contribution in [1.29, 1.82) is 0 Å². The zero-order chi connectivity index (χ0) is 13.2. The fraction of sp³-hybridized carbons (Fsp3) is 0.231. The van der Waals surface area contributed by atoms with Crippen LogP contribution in [-0.2, 0) is 9.84 Å². The van der Waals surface area contributed by atoms with Crippen molar-refractivity contribution in [2.45, 2.75) is 5.44 Å². The molecule has 0 bridgehead atoms. The van der Waals surface area contributed by atoms with Gasteiger partial charge in [-0.05, 0) is 22.9 Å². The SMILES string of the molecule is CS(=O)(=O)C(O)CNc1ccc2ccccc2c1. The van der Waals surface area contributed by atoms with Gasteiger partial charge in [-0.1, -0.05) is 30.3 Å². The van der Waals surface area contributed by atoms with E-state index in [4.69, 9.17) is 0 Å². The highest BCUT2D eigenvalue weighted by Gasteiger charge is 2.16. The van der Waals surface area contributed by atoms with Crippen molar-refractivity contribution in [3.05, 3.63) is 42.5 Å². The number of benzene rings is 2. The number of aliphatic hydroxyl groups excluding tert-OH is 1. The standard InChI is InChI=1S/C13H15NO3S/c1-18(16,17)13(15)9-14-12-7-6-10-4-2-3-5-11(10)8-12/h2-8,13-15H,9H2,1H3. The molecule has 0 saturated carbocycles. The first-order valence-electron chi connectivity index (χ1n) is 5.56. The van der Waals surface area contributed by atoms with E-state index < -0.39 is 15.3 Å². The molecule has 0 heterocycles. The number of anilines is 1. The molecule has 0 fully saturated rings. The van der Waals surface area contributed by atoms with Gasteiger partial charge in [0.1, 0.15) is 0 Å². The van der Waals surface area contributed by atoms with Crippen LogP contribution in [-0.4, -0.2) is 31.8 Å². The predicted octanol–water partition coefficient (Wildman–Crippen LogP) is 1.61. The van der Waals surface area contributed by atoms with Gasteiger partial charge in [0.05, 0.1) is 6.54 Å². The zero-order valence-corrected chi connectivity index (χ0v) is 10.8. The zero-order valence-electron chi connectivity index (χ0n) is 10.00. The van der Waals surface area contributed by atoms with Crippen LogP contribution >= 0.6 is 0 Å². The summed E-state index contributed by atoms with van der Waals surface area (Å²) in [6.45, 7) is -0.0167. The first-order valence-corrected chi connectivity index (χ1v) is 7.52. The van der Waals surface area contributed by atoms with Crippen molar-refractivity contribution >= 4 is 26.3 Å². The van der Waals surface area contributed by atoms with Crippen LogP contribution in [0.1, 0.15) is 0 Å². The lowest BCUT2D eigenvalue weighted by atomic mass is 10.1. The first-order chi connectivity index (χ1) is 8.47. The minimum absolute atomic E-state index is 0.0167. The highest BCUT2D eigenvalue weighted by atomic mass is 32.2. The van der Waals surface area contributed by atoms with E-state index in [9.17, 15) is 13.5 Å². The molecule has 0 aliphatic carbocycles. The third kappa shape index (κ3) is 3.00. The Morgan fingerprint density at radius 3 is 2.50 bits per heavy atom. The summed E-state index contributed by atoms with van der Waals surface area (Å²) in [5.41, 5.74) is -0.597. The molecular weight excluding hydrogens is 250 g/mol. The second-order valence-corrected chi connectivity index (χ2v) is 6.43. The molecular formula is C13H15NO3S. The van der Waals surface area contributed by atoms with Crippen LogP contribution in [0.2, 0.25) is 0 Å². The van der Waals surface area contributed by atoms with Crippen LogP contribution in [0.5, 0.6) is 0 Å². The normalized spacial score (nSPS) is 13.4. The minimum Gasteiger partial charge on any atom is -0.381 e. The van der Waals surface area contributed by atoms with E-state index >= 15 is 0 Å². The third-order valence-corrected chi connectivity index (χ3v) is 3.88. The molecule has 2 rings (SSSR count). The average molecular weight is 265 g/mol. The van der Waals surface area contributed by atoms with Crippen molar-refractivity contribution in [2.75, 3.05) is 18.1 Å².